The van der Waals surface area contributed by atoms with Crippen LogP contribution in [0.25, 0.3) is 11.0 Å². The molecular weight excluding hydrogens is 336 g/mol. The summed E-state index contributed by atoms with van der Waals surface area (Å²) in [5.41, 5.74) is 2.18. The van der Waals surface area contributed by atoms with Crippen molar-refractivity contribution in [2.75, 3.05) is 0 Å². The lowest BCUT2D eigenvalue weighted by atomic mass is 9.64. The number of esters is 1. The number of fused-ring (bicyclic) bond motifs is 6. The van der Waals surface area contributed by atoms with E-state index >= 15 is 0 Å². The molecule has 5 rings (SSSR count). The third-order valence-corrected chi connectivity index (χ3v) is 7.25. The summed E-state index contributed by atoms with van der Waals surface area (Å²) in [4.78, 5) is 23.5. The van der Waals surface area contributed by atoms with Crippen molar-refractivity contribution in [1.82, 2.24) is 9.97 Å². The molecule has 0 aliphatic heterocycles. The number of hydrogen-bond acceptors (Lipinski definition) is 4. The van der Waals surface area contributed by atoms with Crippen LogP contribution in [0.5, 0.6) is 5.75 Å². The van der Waals surface area contributed by atoms with E-state index in [1.807, 2.05) is 54.6 Å². The smallest absolute Gasteiger partial charge is 0.324 e. The molecular formula is C23H22N2O2. The molecule has 3 aromatic rings. The summed E-state index contributed by atoms with van der Waals surface area (Å²) in [5.74, 6) is 0.356. The molecule has 0 amide bonds. The lowest BCUT2D eigenvalue weighted by Gasteiger charge is -2.38. The van der Waals surface area contributed by atoms with Gasteiger partial charge in [-0.25, -0.2) is 9.97 Å². The van der Waals surface area contributed by atoms with Crippen LogP contribution in [0.1, 0.15) is 45.0 Å². The average molecular weight is 358 g/mol. The molecule has 2 aromatic carbocycles. The van der Waals surface area contributed by atoms with Crippen LogP contribution in [0.2, 0.25) is 0 Å². The fraction of sp³-hybridized carbons (Fsp3) is 0.348. The Morgan fingerprint density at radius 3 is 2.11 bits per heavy atom. The van der Waals surface area contributed by atoms with Gasteiger partial charge in [0.2, 0.25) is 0 Å². The number of carbonyl (C=O) groups excluding carboxylic acids is 1. The predicted octanol–water partition coefficient (Wildman–Crippen LogP) is 4.56. The monoisotopic (exact) mass is 358 g/mol. The third kappa shape index (κ3) is 1.85. The Morgan fingerprint density at radius 2 is 1.44 bits per heavy atom. The largest absolute Gasteiger partial charge is 0.426 e. The SMILES string of the molecule is CC12CCC(C(=O)Oc3ccccc3)(c3nc4ccccc4nc31)C2(C)C. The lowest BCUT2D eigenvalue weighted by Crippen LogP contribution is -2.48. The first-order chi connectivity index (χ1) is 12.9. The molecule has 136 valence electrons. The van der Waals surface area contributed by atoms with Crippen LogP contribution in [-0.2, 0) is 15.6 Å². The molecule has 0 spiro atoms. The molecule has 2 aliphatic carbocycles. The summed E-state index contributed by atoms with van der Waals surface area (Å²) in [6.45, 7) is 6.56. The van der Waals surface area contributed by atoms with Crippen molar-refractivity contribution >= 4 is 17.0 Å². The van der Waals surface area contributed by atoms with Crippen LogP contribution in [0.15, 0.2) is 54.6 Å². The zero-order chi connectivity index (χ0) is 18.9. The van der Waals surface area contributed by atoms with Crippen LogP contribution in [0.3, 0.4) is 0 Å². The Balaban J connectivity index is 1.72. The highest BCUT2D eigenvalue weighted by Gasteiger charge is 2.74. The maximum Gasteiger partial charge on any atom is 0.324 e. The maximum atomic E-state index is 13.6. The van der Waals surface area contributed by atoms with E-state index in [9.17, 15) is 4.79 Å². The van der Waals surface area contributed by atoms with E-state index in [0.717, 1.165) is 35.3 Å². The highest BCUT2D eigenvalue weighted by molar-refractivity contribution is 5.90. The van der Waals surface area contributed by atoms with Crippen molar-refractivity contribution in [3.63, 3.8) is 0 Å². The zero-order valence-corrected chi connectivity index (χ0v) is 15.8. The molecule has 27 heavy (non-hydrogen) atoms. The van der Waals surface area contributed by atoms with Crippen molar-refractivity contribution in [2.24, 2.45) is 5.41 Å². The Morgan fingerprint density at radius 1 is 0.852 bits per heavy atom. The van der Waals surface area contributed by atoms with Gasteiger partial charge in [0.15, 0.2) is 0 Å². The van der Waals surface area contributed by atoms with Gasteiger partial charge >= 0.3 is 5.97 Å². The highest BCUT2D eigenvalue weighted by atomic mass is 16.5. The quantitative estimate of drug-likeness (QED) is 0.498. The Bertz CT molecular complexity index is 1080. The van der Waals surface area contributed by atoms with Crippen LogP contribution in [-0.4, -0.2) is 15.9 Å². The van der Waals surface area contributed by atoms with Gasteiger partial charge in [-0.3, -0.25) is 4.79 Å². The number of hydrogen-bond donors (Lipinski definition) is 0. The fourth-order valence-corrected chi connectivity index (χ4v) is 5.18. The minimum atomic E-state index is -0.774. The van der Waals surface area contributed by atoms with Gasteiger partial charge in [-0.15, -0.1) is 0 Å². The molecule has 1 fully saturated rings. The normalized spacial score (nSPS) is 27.5. The fourth-order valence-electron chi connectivity index (χ4n) is 5.18. The van der Waals surface area contributed by atoms with Gasteiger partial charge < -0.3 is 4.74 Å². The first kappa shape index (κ1) is 16.4. The first-order valence-electron chi connectivity index (χ1n) is 9.45. The van der Waals surface area contributed by atoms with Crippen LogP contribution in [0, 0.1) is 5.41 Å². The second kappa shape index (κ2) is 5.16. The van der Waals surface area contributed by atoms with Crippen molar-refractivity contribution in [3.8, 4) is 5.75 Å². The third-order valence-electron chi connectivity index (χ3n) is 7.25. The summed E-state index contributed by atoms with van der Waals surface area (Å²) in [5, 5.41) is 0. The number of carbonyl (C=O) groups is 1. The molecule has 1 saturated carbocycles. The molecule has 4 nitrogen and oxygen atoms in total. The first-order valence-corrected chi connectivity index (χ1v) is 9.45. The minimum absolute atomic E-state index is 0.199. The van der Waals surface area contributed by atoms with E-state index in [1.54, 1.807) is 0 Å². The summed E-state index contributed by atoms with van der Waals surface area (Å²) < 4.78 is 5.86. The molecule has 2 atom stereocenters. The number of para-hydroxylation sites is 3. The zero-order valence-electron chi connectivity index (χ0n) is 15.8. The van der Waals surface area contributed by atoms with E-state index in [0.29, 0.717) is 5.75 Å². The lowest BCUT2D eigenvalue weighted by molar-refractivity contribution is -0.145. The number of benzene rings is 2. The van der Waals surface area contributed by atoms with Gasteiger partial charge in [-0.2, -0.15) is 0 Å². The van der Waals surface area contributed by atoms with Gasteiger partial charge in [-0.1, -0.05) is 51.1 Å². The molecule has 0 saturated heterocycles. The number of nitrogens with zero attached hydrogens (tertiary/aromatic N) is 2. The van der Waals surface area contributed by atoms with E-state index < -0.39 is 5.41 Å². The minimum Gasteiger partial charge on any atom is -0.426 e. The van der Waals surface area contributed by atoms with Crippen molar-refractivity contribution < 1.29 is 9.53 Å². The number of ether oxygens (including phenoxy) is 1. The summed E-state index contributed by atoms with van der Waals surface area (Å²) in [6.07, 6.45) is 1.64. The average Bonchev–Trinajstić information content (AvgIpc) is 2.97. The van der Waals surface area contributed by atoms with Gasteiger partial charge in [-0.05, 0) is 42.5 Å². The summed E-state index contributed by atoms with van der Waals surface area (Å²) in [7, 11) is 0. The second-order valence-corrected chi connectivity index (χ2v) is 8.47. The molecule has 2 aliphatic rings. The standard InChI is InChI=1S/C23H22N2O2/c1-21(2)22(3)13-14-23(21,20(26)27-15-9-5-4-6-10-15)19-18(22)24-16-11-7-8-12-17(16)25-19/h4-12H,13-14H2,1-3H3. The van der Waals surface area contributed by atoms with E-state index in [1.165, 1.54) is 0 Å². The number of rotatable bonds is 2. The van der Waals surface area contributed by atoms with Crippen LogP contribution < -0.4 is 4.74 Å². The highest BCUT2D eigenvalue weighted by Crippen LogP contribution is 2.70. The van der Waals surface area contributed by atoms with Gasteiger partial charge in [0.1, 0.15) is 11.2 Å². The van der Waals surface area contributed by atoms with Gasteiger partial charge in [0, 0.05) is 5.41 Å². The van der Waals surface area contributed by atoms with Crippen LogP contribution in [0.4, 0.5) is 0 Å². The van der Waals surface area contributed by atoms with Crippen LogP contribution >= 0.6 is 0 Å². The van der Waals surface area contributed by atoms with E-state index in [4.69, 9.17) is 14.7 Å². The molecule has 1 aromatic heterocycles. The topological polar surface area (TPSA) is 52.1 Å². The Labute approximate surface area is 158 Å². The Hall–Kier alpha value is -2.75. The summed E-state index contributed by atoms with van der Waals surface area (Å²) in [6, 6.07) is 17.2. The van der Waals surface area contributed by atoms with Crippen molar-refractivity contribution in [3.05, 3.63) is 66.0 Å². The maximum absolute atomic E-state index is 13.6. The van der Waals surface area contributed by atoms with Crippen molar-refractivity contribution in [2.45, 2.75) is 44.4 Å². The molecule has 0 radical (unpaired) electrons. The second-order valence-electron chi connectivity index (χ2n) is 8.47. The Kier molecular flexibility index (Phi) is 3.14. The molecule has 2 bridgehead atoms. The van der Waals surface area contributed by atoms with Gasteiger partial charge in [0.25, 0.3) is 0 Å². The predicted molar refractivity (Wildman–Crippen MR) is 104 cm³/mol. The van der Waals surface area contributed by atoms with E-state index in [2.05, 4.69) is 20.8 Å². The molecule has 0 N–H and O–H groups in total. The number of aromatic nitrogens is 2. The molecule has 2 unspecified atom stereocenters. The van der Waals surface area contributed by atoms with E-state index in [-0.39, 0.29) is 16.8 Å². The van der Waals surface area contributed by atoms with Crippen molar-refractivity contribution in [1.29, 1.82) is 0 Å². The molecule has 4 heteroatoms. The summed E-state index contributed by atoms with van der Waals surface area (Å²) >= 11 is 0. The molecule has 1 heterocycles. The van der Waals surface area contributed by atoms with Gasteiger partial charge in [0.05, 0.1) is 22.4 Å².